The average Bonchev–Trinajstić information content (AvgIpc) is 2.86. The Hall–Kier alpha value is -2.55. The van der Waals surface area contributed by atoms with Crippen LogP contribution in [0, 0.1) is 0 Å². The van der Waals surface area contributed by atoms with Crippen molar-refractivity contribution >= 4 is 17.3 Å². The molecule has 3 nitrogen and oxygen atoms in total. The van der Waals surface area contributed by atoms with Crippen LogP contribution in [0.4, 0.5) is 11.4 Å². The maximum Gasteiger partial charge on any atom is 0.251 e. The van der Waals surface area contributed by atoms with E-state index in [4.69, 9.17) is 0 Å². The molecular weight excluding hydrogens is 308 g/mol. The van der Waals surface area contributed by atoms with E-state index in [-0.39, 0.29) is 12.1 Å². The topological polar surface area (TPSA) is 23.6 Å². The number of hydrogen-bond acceptors (Lipinski definition) is 2. The molecule has 2 aromatic carbocycles. The number of benzene rings is 2. The molecule has 1 amide bonds. The highest BCUT2D eigenvalue weighted by atomic mass is 16.2. The molecule has 0 saturated heterocycles. The molecule has 1 heterocycles. The van der Waals surface area contributed by atoms with Crippen molar-refractivity contribution in [2.24, 2.45) is 0 Å². The summed E-state index contributed by atoms with van der Waals surface area (Å²) in [6.45, 7) is 6.98. The molecule has 0 spiro atoms. The van der Waals surface area contributed by atoms with Gasteiger partial charge in [-0.2, -0.15) is 0 Å². The summed E-state index contributed by atoms with van der Waals surface area (Å²) in [5.74, 6) is 0.160. The Balaban J connectivity index is 2.09. The Kier molecular flexibility index (Phi) is 5.22. The smallest absolute Gasteiger partial charge is 0.251 e. The summed E-state index contributed by atoms with van der Waals surface area (Å²) in [6.07, 6.45) is 2.02. The van der Waals surface area contributed by atoms with Gasteiger partial charge in [0.1, 0.15) is 6.17 Å². The molecular formula is C22H26N2O. The van der Waals surface area contributed by atoms with Crippen LogP contribution in [0.25, 0.3) is 0 Å². The summed E-state index contributed by atoms with van der Waals surface area (Å²) < 4.78 is 0. The number of amides is 1. The van der Waals surface area contributed by atoms with Crippen molar-refractivity contribution in [3.05, 3.63) is 71.8 Å². The number of anilines is 2. The van der Waals surface area contributed by atoms with E-state index >= 15 is 0 Å². The van der Waals surface area contributed by atoms with Crippen LogP contribution in [0.2, 0.25) is 0 Å². The molecule has 0 aromatic heterocycles. The largest absolute Gasteiger partial charge is 0.317 e. The molecule has 0 unspecified atom stereocenters. The number of rotatable bonds is 6. The van der Waals surface area contributed by atoms with Gasteiger partial charge in [0.05, 0.1) is 0 Å². The van der Waals surface area contributed by atoms with Gasteiger partial charge in [0.25, 0.3) is 5.91 Å². The van der Waals surface area contributed by atoms with E-state index in [0.29, 0.717) is 0 Å². The van der Waals surface area contributed by atoms with Crippen molar-refractivity contribution in [2.45, 2.75) is 39.8 Å². The molecule has 0 aliphatic carbocycles. The summed E-state index contributed by atoms with van der Waals surface area (Å²) >= 11 is 0. The van der Waals surface area contributed by atoms with Gasteiger partial charge < -0.3 is 9.80 Å². The number of nitrogens with zero attached hydrogens (tertiary/aromatic N) is 2. The third-order valence-corrected chi connectivity index (χ3v) is 4.92. The van der Waals surface area contributed by atoms with Gasteiger partial charge in [-0.05, 0) is 50.1 Å². The van der Waals surface area contributed by atoms with E-state index in [0.717, 1.165) is 41.9 Å². The Morgan fingerprint density at radius 2 is 1.44 bits per heavy atom. The maximum atomic E-state index is 12.8. The second kappa shape index (κ2) is 7.56. The summed E-state index contributed by atoms with van der Waals surface area (Å²) in [5.41, 5.74) is 4.20. The van der Waals surface area contributed by atoms with Gasteiger partial charge in [0.15, 0.2) is 0 Å². The van der Waals surface area contributed by atoms with Crippen LogP contribution >= 0.6 is 0 Å². The highest BCUT2D eigenvalue weighted by Crippen LogP contribution is 2.36. The molecule has 1 atom stereocenters. The minimum Gasteiger partial charge on any atom is -0.317 e. The molecule has 1 aliphatic heterocycles. The van der Waals surface area contributed by atoms with Crippen molar-refractivity contribution in [2.75, 3.05) is 11.4 Å². The lowest BCUT2D eigenvalue weighted by atomic mass is 10.1. The molecule has 25 heavy (non-hydrogen) atoms. The maximum absolute atomic E-state index is 12.8. The number of carbonyl (C=O) groups is 1. The van der Waals surface area contributed by atoms with Crippen LogP contribution in [-0.2, 0) is 4.79 Å². The minimum absolute atomic E-state index is 0.0659. The van der Waals surface area contributed by atoms with Crippen molar-refractivity contribution in [3.63, 3.8) is 0 Å². The molecule has 130 valence electrons. The quantitative estimate of drug-likeness (QED) is 0.731. The molecule has 0 saturated carbocycles. The third kappa shape index (κ3) is 3.32. The van der Waals surface area contributed by atoms with E-state index in [9.17, 15) is 4.79 Å². The predicted molar refractivity (Wildman–Crippen MR) is 104 cm³/mol. The third-order valence-electron chi connectivity index (χ3n) is 4.92. The van der Waals surface area contributed by atoms with Gasteiger partial charge >= 0.3 is 0 Å². The SMILES string of the molecule is CCCCN1C(=O)C(C)=C(C)[C@@H]1N(c1ccccc1)c1ccccc1. The van der Waals surface area contributed by atoms with Crippen LogP contribution in [0.3, 0.4) is 0 Å². The zero-order valence-corrected chi connectivity index (χ0v) is 15.3. The fourth-order valence-corrected chi connectivity index (χ4v) is 3.42. The molecule has 3 rings (SSSR count). The summed E-state index contributed by atoms with van der Waals surface area (Å²) in [7, 11) is 0. The van der Waals surface area contributed by atoms with Crippen molar-refractivity contribution in [1.29, 1.82) is 0 Å². The van der Waals surface area contributed by atoms with Gasteiger partial charge in [0.2, 0.25) is 0 Å². The Bertz CT molecular complexity index is 713. The van der Waals surface area contributed by atoms with Gasteiger partial charge in [-0.25, -0.2) is 0 Å². The van der Waals surface area contributed by atoms with E-state index in [1.807, 2.05) is 48.2 Å². The Morgan fingerprint density at radius 1 is 0.920 bits per heavy atom. The number of unbranched alkanes of at least 4 members (excludes halogenated alkanes) is 1. The van der Waals surface area contributed by atoms with Crippen LogP contribution in [0.5, 0.6) is 0 Å². The first-order chi connectivity index (χ1) is 12.1. The van der Waals surface area contributed by atoms with E-state index in [2.05, 4.69) is 43.0 Å². The van der Waals surface area contributed by atoms with Crippen molar-refractivity contribution < 1.29 is 4.79 Å². The molecule has 3 heteroatoms. The summed E-state index contributed by atoms with van der Waals surface area (Å²) in [6, 6.07) is 20.7. The Morgan fingerprint density at radius 3 is 1.92 bits per heavy atom. The lowest BCUT2D eigenvalue weighted by Gasteiger charge is -2.38. The fourth-order valence-electron chi connectivity index (χ4n) is 3.42. The highest BCUT2D eigenvalue weighted by molar-refractivity contribution is 5.98. The lowest BCUT2D eigenvalue weighted by molar-refractivity contribution is -0.126. The first-order valence-electron chi connectivity index (χ1n) is 9.02. The van der Waals surface area contributed by atoms with Crippen LogP contribution in [0.15, 0.2) is 71.8 Å². The van der Waals surface area contributed by atoms with E-state index < -0.39 is 0 Å². The van der Waals surface area contributed by atoms with Crippen LogP contribution < -0.4 is 4.90 Å². The van der Waals surface area contributed by atoms with Crippen LogP contribution in [-0.4, -0.2) is 23.5 Å². The van der Waals surface area contributed by atoms with Gasteiger partial charge in [-0.15, -0.1) is 0 Å². The first-order valence-corrected chi connectivity index (χ1v) is 9.02. The van der Waals surface area contributed by atoms with Crippen molar-refractivity contribution in [3.8, 4) is 0 Å². The van der Waals surface area contributed by atoms with Crippen LogP contribution in [0.1, 0.15) is 33.6 Å². The molecule has 0 fully saturated rings. The highest BCUT2D eigenvalue weighted by Gasteiger charge is 2.38. The number of carbonyl (C=O) groups excluding carboxylic acids is 1. The van der Waals surface area contributed by atoms with Crippen molar-refractivity contribution in [1.82, 2.24) is 4.90 Å². The number of para-hydroxylation sites is 2. The fraction of sp³-hybridized carbons (Fsp3) is 0.318. The Labute approximate surface area is 150 Å². The monoisotopic (exact) mass is 334 g/mol. The minimum atomic E-state index is -0.0659. The average molecular weight is 334 g/mol. The lowest BCUT2D eigenvalue weighted by Crippen LogP contribution is -2.46. The van der Waals surface area contributed by atoms with E-state index in [1.54, 1.807) is 0 Å². The standard InChI is InChI=1S/C22H26N2O/c1-4-5-16-23-21(17(2)18(3)22(23)25)24(19-12-8-6-9-13-19)20-14-10-7-11-15-20/h6-15,21H,4-5,16H2,1-3H3/t21-/m0/s1. The van der Waals surface area contributed by atoms with E-state index in [1.165, 1.54) is 0 Å². The van der Waals surface area contributed by atoms with Gasteiger partial charge in [0, 0.05) is 23.5 Å². The molecule has 0 N–H and O–H groups in total. The molecule has 2 aromatic rings. The first kappa shape index (κ1) is 17.3. The van der Waals surface area contributed by atoms with Gasteiger partial charge in [-0.1, -0.05) is 49.7 Å². The predicted octanol–water partition coefficient (Wildman–Crippen LogP) is 5.13. The molecule has 0 radical (unpaired) electrons. The van der Waals surface area contributed by atoms with Gasteiger partial charge in [-0.3, -0.25) is 4.79 Å². The summed E-state index contributed by atoms with van der Waals surface area (Å²) in [4.78, 5) is 17.1. The molecule has 1 aliphatic rings. The molecule has 0 bridgehead atoms. The second-order valence-corrected chi connectivity index (χ2v) is 6.57. The summed E-state index contributed by atoms with van der Waals surface area (Å²) in [5, 5.41) is 0. The zero-order chi connectivity index (χ0) is 17.8. The second-order valence-electron chi connectivity index (χ2n) is 6.57. The zero-order valence-electron chi connectivity index (χ0n) is 15.3. The number of hydrogen-bond donors (Lipinski definition) is 0. The normalized spacial score (nSPS) is 17.3.